The molecule has 0 unspecified atom stereocenters. The number of halogens is 1. The highest BCUT2D eigenvalue weighted by atomic mass is 79.9. The molecule has 0 saturated carbocycles. The lowest BCUT2D eigenvalue weighted by molar-refractivity contribution is 0.604. The topological polar surface area (TPSA) is 28.7 Å². The zero-order chi connectivity index (χ0) is 8.39. The van der Waals surface area contributed by atoms with Crippen LogP contribution in [-0.4, -0.2) is 21.5 Å². The predicted octanol–water partition coefficient (Wildman–Crippen LogP) is 2.78. The van der Waals surface area contributed by atoms with Gasteiger partial charge in [-0.2, -0.15) is 11.8 Å². The number of nitrogens with one attached hydrogen (secondary N) is 1. The van der Waals surface area contributed by atoms with Crippen molar-refractivity contribution in [3.05, 3.63) is 16.6 Å². The lowest BCUT2D eigenvalue weighted by Crippen LogP contribution is -2.09. The predicted molar refractivity (Wildman–Crippen MR) is 55.6 cm³/mol. The molecule has 1 saturated heterocycles. The van der Waals surface area contributed by atoms with Crippen LogP contribution in [0.1, 0.15) is 24.6 Å². The first-order valence-electron chi connectivity index (χ1n) is 4.14. The van der Waals surface area contributed by atoms with Crippen molar-refractivity contribution in [2.75, 3.05) is 11.5 Å². The maximum Gasteiger partial charge on any atom is 0.110 e. The lowest BCUT2D eigenvalue weighted by Gasteiger charge is -2.18. The number of rotatable bonds is 1. The molecule has 2 heterocycles. The van der Waals surface area contributed by atoms with E-state index in [9.17, 15) is 0 Å². The van der Waals surface area contributed by atoms with E-state index in [-0.39, 0.29) is 0 Å². The molecule has 2 rings (SSSR count). The van der Waals surface area contributed by atoms with E-state index in [4.69, 9.17) is 0 Å². The van der Waals surface area contributed by atoms with Crippen LogP contribution in [0.15, 0.2) is 10.8 Å². The molecule has 1 aliphatic rings. The van der Waals surface area contributed by atoms with E-state index < -0.39 is 0 Å². The Morgan fingerprint density at radius 2 is 2.25 bits per heavy atom. The van der Waals surface area contributed by atoms with Crippen LogP contribution in [0.5, 0.6) is 0 Å². The van der Waals surface area contributed by atoms with Crippen LogP contribution in [0.2, 0.25) is 0 Å². The van der Waals surface area contributed by atoms with Crippen molar-refractivity contribution in [2.45, 2.75) is 18.8 Å². The summed E-state index contributed by atoms with van der Waals surface area (Å²) in [5.41, 5.74) is 0. The van der Waals surface area contributed by atoms with Crippen molar-refractivity contribution in [1.82, 2.24) is 9.97 Å². The molecule has 0 aromatic carbocycles. The molecule has 0 bridgehead atoms. The molecule has 4 heteroatoms. The van der Waals surface area contributed by atoms with Crippen LogP contribution >= 0.6 is 27.7 Å². The highest BCUT2D eigenvalue weighted by Gasteiger charge is 2.17. The minimum atomic E-state index is 0.664. The highest BCUT2D eigenvalue weighted by Crippen LogP contribution is 2.30. The maximum absolute atomic E-state index is 4.33. The van der Waals surface area contributed by atoms with E-state index in [2.05, 4.69) is 25.9 Å². The minimum absolute atomic E-state index is 0.664. The summed E-state index contributed by atoms with van der Waals surface area (Å²) in [6.45, 7) is 0. The molecule has 66 valence electrons. The second-order valence-corrected chi connectivity index (χ2v) is 5.08. The normalized spacial score (nSPS) is 19.8. The Kier molecular flexibility index (Phi) is 2.76. The molecule has 0 radical (unpaired) electrons. The van der Waals surface area contributed by atoms with Crippen molar-refractivity contribution in [1.29, 1.82) is 0 Å². The van der Waals surface area contributed by atoms with E-state index >= 15 is 0 Å². The first-order chi connectivity index (χ1) is 5.86. The highest BCUT2D eigenvalue weighted by molar-refractivity contribution is 9.10. The van der Waals surface area contributed by atoms with Crippen molar-refractivity contribution < 1.29 is 0 Å². The lowest BCUT2D eigenvalue weighted by atomic mass is 10.0. The summed E-state index contributed by atoms with van der Waals surface area (Å²) in [6, 6.07) is 0. The van der Waals surface area contributed by atoms with Crippen LogP contribution < -0.4 is 0 Å². The summed E-state index contributed by atoms with van der Waals surface area (Å²) in [5, 5.41) is 0. The number of hydrogen-bond donors (Lipinski definition) is 1. The van der Waals surface area contributed by atoms with E-state index in [1.54, 1.807) is 0 Å². The molecule has 1 aliphatic heterocycles. The van der Waals surface area contributed by atoms with Gasteiger partial charge >= 0.3 is 0 Å². The Morgan fingerprint density at radius 3 is 2.83 bits per heavy atom. The smallest absolute Gasteiger partial charge is 0.110 e. The quantitative estimate of drug-likeness (QED) is 0.826. The fourth-order valence-electron chi connectivity index (χ4n) is 1.49. The summed E-state index contributed by atoms with van der Waals surface area (Å²) in [6.07, 6.45) is 4.38. The Balaban J connectivity index is 2.08. The zero-order valence-corrected chi connectivity index (χ0v) is 9.12. The second-order valence-electron chi connectivity index (χ2n) is 3.00. The first-order valence-corrected chi connectivity index (χ1v) is 6.09. The zero-order valence-electron chi connectivity index (χ0n) is 6.72. The van der Waals surface area contributed by atoms with Gasteiger partial charge in [-0.25, -0.2) is 4.98 Å². The van der Waals surface area contributed by atoms with Crippen molar-refractivity contribution in [2.24, 2.45) is 0 Å². The van der Waals surface area contributed by atoms with Gasteiger partial charge in [-0.05, 0) is 40.3 Å². The summed E-state index contributed by atoms with van der Waals surface area (Å²) in [4.78, 5) is 7.57. The summed E-state index contributed by atoms with van der Waals surface area (Å²) in [5.74, 6) is 4.38. The van der Waals surface area contributed by atoms with Gasteiger partial charge in [0, 0.05) is 5.92 Å². The van der Waals surface area contributed by atoms with Crippen LogP contribution in [0, 0.1) is 0 Å². The number of thioether (sulfide) groups is 1. The van der Waals surface area contributed by atoms with Gasteiger partial charge in [-0.1, -0.05) is 0 Å². The molecule has 0 amide bonds. The fraction of sp³-hybridized carbons (Fsp3) is 0.625. The van der Waals surface area contributed by atoms with Gasteiger partial charge in [0.1, 0.15) is 10.4 Å². The summed E-state index contributed by atoms with van der Waals surface area (Å²) >= 11 is 5.42. The van der Waals surface area contributed by atoms with Crippen LogP contribution in [0.25, 0.3) is 0 Å². The van der Waals surface area contributed by atoms with Crippen molar-refractivity contribution >= 4 is 27.7 Å². The van der Waals surface area contributed by atoms with E-state index in [1.165, 1.54) is 24.3 Å². The van der Waals surface area contributed by atoms with Crippen LogP contribution in [-0.2, 0) is 0 Å². The van der Waals surface area contributed by atoms with Gasteiger partial charge in [-0.15, -0.1) is 0 Å². The molecule has 1 N–H and O–H groups in total. The summed E-state index contributed by atoms with van der Waals surface area (Å²) in [7, 11) is 0. The van der Waals surface area contributed by atoms with Crippen molar-refractivity contribution in [3.8, 4) is 0 Å². The van der Waals surface area contributed by atoms with Gasteiger partial charge in [0.05, 0.1) is 6.20 Å². The molecule has 0 aliphatic carbocycles. The molecule has 0 atom stereocenters. The number of aromatic amines is 1. The molecule has 12 heavy (non-hydrogen) atoms. The molecular weight excluding hydrogens is 236 g/mol. The van der Waals surface area contributed by atoms with E-state index in [0.29, 0.717) is 5.92 Å². The van der Waals surface area contributed by atoms with Crippen LogP contribution in [0.3, 0.4) is 0 Å². The van der Waals surface area contributed by atoms with Gasteiger partial charge in [0.25, 0.3) is 0 Å². The van der Waals surface area contributed by atoms with Crippen molar-refractivity contribution in [3.63, 3.8) is 0 Å². The number of hydrogen-bond acceptors (Lipinski definition) is 2. The van der Waals surface area contributed by atoms with E-state index in [0.717, 1.165) is 10.4 Å². The third-order valence-electron chi connectivity index (χ3n) is 2.17. The Bertz CT molecular complexity index is 255. The monoisotopic (exact) mass is 246 g/mol. The number of aromatic nitrogens is 2. The number of H-pyrrole nitrogens is 1. The Hall–Kier alpha value is 0.0400. The third kappa shape index (κ3) is 1.85. The molecule has 1 aromatic heterocycles. The maximum atomic E-state index is 4.33. The molecule has 0 spiro atoms. The molecule has 1 aromatic rings. The molecule has 2 nitrogen and oxygen atoms in total. The summed E-state index contributed by atoms with van der Waals surface area (Å²) < 4.78 is 0.996. The Labute approximate surface area is 84.7 Å². The molecular formula is C8H11BrN2S. The largest absolute Gasteiger partial charge is 0.337 e. The standard InChI is InChI=1S/C8H11BrN2S/c9-7-5-10-8(11-7)6-1-3-12-4-2-6/h5-6H,1-4H2,(H,10,11). The SMILES string of the molecule is Brc1cnc(C2CCSCC2)[nH]1. The minimum Gasteiger partial charge on any atom is -0.337 e. The Morgan fingerprint density at radius 1 is 1.50 bits per heavy atom. The number of imidazole rings is 1. The van der Waals surface area contributed by atoms with Gasteiger partial charge in [0.2, 0.25) is 0 Å². The second kappa shape index (κ2) is 3.83. The van der Waals surface area contributed by atoms with Gasteiger partial charge < -0.3 is 4.98 Å². The fourth-order valence-corrected chi connectivity index (χ4v) is 2.90. The van der Waals surface area contributed by atoms with Gasteiger partial charge in [-0.3, -0.25) is 0 Å². The van der Waals surface area contributed by atoms with Crippen LogP contribution in [0.4, 0.5) is 0 Å². The van der Waals surface area contributed by atoms with E-state index in [1.807, 2.05) is 18.0 Å². The third-order valence-corrected chi connectivity index (χ3v) is 3.62. The van der Waals surface area contributed by atoms with Gasteiger partial charge in [0.15, 0.2) is 0 Å². The molecule has 1 fully saturated rings. The average Bonchev–Trinajstić information content (AvgIpc) is 2.54. The number of nitrogens with zero attached hydrogens (tertiary/aromatic N) is 1. The first kappa shape index (κ1) is 8.63. The average molecular weight is 247 g/mol.